The predicted molar refractivity (Wildman–Crippen MR) is 110 cm³/mol. The highest BCUT2D eigenvalue weighted by atomic mass is 19.4. The number of fused-ring (bicyclic) bond motifs is 3. The Kier molecular flexibility index (Phi) is 4.72. The molecule has 1 aliphatic rings. The summed E-state index contributed by atoms with van der Waals surface area (Å²) in [6, 6.07) is 3.18. The molecule has 1 saturated heterocycles. The summed E-state index contributed by atoms with van der Waals surface area (Å²) in [5.41, 5.74) is -0.322. The Morgan fingerprint density at radius 2 is 2.06 bits per heavy atom. The number of halogens is 3. The Hall–Kier alpha value is -3.70. The predicted octanol–water partition coefficient (Wildman–Crippen LogP) is 2.78. The van der Waals surface area contributed by atoms with Crippen molar-refractivity contribution in [3.63, 3.8) is 0 Å². The number of amides is 1. The molecule has 0 aliphatic carbocycles. The van der Waals surface area contributed by atoms with E-state index in [0.29, 0.717) is 18.5 Å². The maximum atomic E-state index is 13.7. The molecule has 4 aromatic rings. The minimum absolute atomic E-state index is 0.0221. The highest BCUT2D eigenvalue weighted by molar-refractivity contribution is 5.95. The van der Waals surface area contributed by atoms with Gasteiger partial charge in [0.1, 0.15) is 6.04 Å². The molecule has 3 aromatic heterocycles. The van der Waals surface area contributed by atoms with Gasteiger partial charge < -0.3 is 10.6 Å². The molecule has 5 rings (SSSR count). The first-order valence-corrected chi connectivity index (χ1v) is 10.1. The minimum atomic E-state index is -4.60. The monoisotopic (exact) mass is 444 g/mol. The van der Waals surface area contributed by atoms with Crippen LogP contribution >= 0.6 is 0 Å². The second kappa shape index (κ2) is 7.46. The van der Waals surface area contributed by atoms with Crippen LogP contribution in [0.1, 0.15) is 24.8 Å². The highest BCUT2D eigenvalue weighted by Gasteiger charge is 2.34. The number of carbonyl (C=O) groups is 1. The fourth-order valence-corrected chi connectivity index (χ4v) is 3.85. The van der Waals surface area contributed by atoms with Gasteiger partial charge >= 0.3 is 6.18 Å². The second-order valence-electron chi connectivity index (χ2n) is 7.69. The van der Waals surface area contributed by atoms with Gasteiger partial charge in [-0.15, -0.1) is 5.10 Å². The first kappa shape index (κ1) is 20.2. The van der Waals surface area contributed by atoms with Gasteiger partial charge in [-0.3, -0.25) is 9.48 Å². The first-order chi connectivity index (χ1) is 15.3. The third-order valence-corrected chi connectivity index (χ3v) is 5.41. The van der Waals surface area contributed by atoms with Gasteiger partial charge in [0, 0.05) is 25.2 Å². The molecule has 12 heteroatoms. The zero-order chi connectivity index (χ0) is 22.5. The molecule has 166 valence electrons. The molecule has 0 bridgehead atoms. The topological polar surface area (TPSA) is 102 Å². The van der Waals surface area contributed by atoms with E-state index in [1.807, 2.05) is 0 Å². The summed E-state index contributed by atoms with van der Waals surface area (Å²) < 4.78 is 44.1. The van der Waals surface area contributed by atoms with Gasteiger partial charge in [0.2, 0.25) is 11.9 Å². The lowest BCUT2D eigenvalue weighted by molar-refractivity contribution is -0.136. The van der Waals surface area contributed by atoms with Gasteiger partial charge in [-0.1, -0.05) is 6.07 Å². The Bertz CT molecular complexity index is 1330. The number of para-hydroxylation sites is 1. The molecule has 1 aliphatic heterocycles. The van der Waals surface area contributed by atoms with Gasteiger partial charge in [-0.25, -0.2) is 9.97 Å². The molecule has 1 amide bonds. The van der Waals surface area contributed by atoms with Crippen LogP contribution in [0.4, 0.5) is 19.1 Å². The average Bonchev–Trinajstić information content (AvgIpc) is 3.33. The van der Waals surface area contributed by atoms with Gasteiger partial charge in [0.15, 0.2) is 11.5 Å². The average molecular weight is 444 g/mol. The van der Waals surface area contributed by atoms with Crippen LogP contribution in [-0.4, -0.2) is 47.9 Å². The minimum Gasteiger partial charge on any atom is -0.354 e. The summed E-state index contributed by atoms with van der Waals surface area (Å²) in [6.07, 6.45) is 0.817. The Labute approximate surface area is 179 Å². The Balaban J connectivity index is 1.74. The van der Waals surface area contributed by atoms with Crippen LogP contribution in [0, 0.1) is 0 Å². The molecule has 0 unspecified atom stereocenters. The maximum Gasteiger partial charge on any atom is 0.418 e. The first-order valence-electron chi connectivity index (χ1n) is 10.1. The lowest BCUT2D eigenvalue weighted by Crippen LogP contribution is -2.38. The van der Waals surface area contributed by atoms with E-state index in [9.17, 15) is 18.0 Å². The normalized spacial score (nSPS) is 17.5. The smallest absolute Gasteiger partial charge is 0.354 e. The van der Waals surface area contributed by atoms with Crippen LogP contribution in [0.2, 0.25) is 0 Å². The van der Waals surface area contributed by atoms with Crippen LogP contribution in [0.5, 0.6) is 0 Å². The van der Waals surface area contributed by atoms with Crippen molar-refractivity contribution in [1.29, 1.82) is 0 Å². The van der Waals surface area contributed by atoms with Crippen molar-refractivity contribution in [3.8, 4) is 11.4 Å². The maximum absolute atomic E-state index is 13.7. The number of anilines is 1. The lowest BCUT2D eigenvalue weighted by Gasteiger charge is -2.17. The van der Waals surface area contributed by atoms with Crippen molar-refractivity contribution in [3.05, 3.63) is 36.2 Å². The van der Waals surface area contributed by atoms with Crippen LogP contribution in [-0.2, 0) is 18.0 Å². The molecule has 0 saturated carbocycles. The van der Waals surface area contributed by atoms with Crippen LogP contribution in [0.15, 0.2) is 30.6 Å². The molecule has 0 radical (unpaired) electrons. The third-order valence-electron chi connectivity index (χ3n) is 5.41. The van der Waals surface area contributed by atoms with Crippen molar-refractivity contribution < 1.29 is 18.0 Å². The van der Waals surface area contributed by atoms with E-state index in [2.05, 4.69) is 30.8 Å². The fraction of sp³-hybridized carbons (Fsp3) is 0.350. The SMILES string of the molecule is Cn1cc(-c2nc3c4cccc(C(F)(F)F)c4nc(N[C@@H]4CCCCNC4=O)n3n2)cn1. The van der Waals surface area contributed by atoms with Crippen LogP contribution in [0.25, 0.3) is 27.9 Å². The molecule has 4 heterocycles. The molecule has 1 aromatic carbocycles. The van der Waals surface area contributed by atoms with Crippen molar-refractivity contribution >= 4 is 28.4 Å². The standard InChI is InChI=1S/C20H19F3N8O/c1-30-10-11(9-25-30)16-28-17-12-5-4-6-13(20(21,22)23)15(12)27-19(31(17)29-16)26-14-7-2-3-8-24-18(14)32/h4-6,9-10,14H,2-3,7-8H2,1H3,(H,24,32)(H,26,27)/t14-/m1/s1. The summed E-state index contributed by atoms with van der Waals surface area (Å²) in [5.74, 6) is 0.0846. The van der Waals surface area contributed by atoms with Gasteiger partial charge in [-0.2, -0.15) is 22.8 Å². The second-order valence-corrected chi connectivity index (χ2v) is 7.69. The molecule has 1 fully saturated rings. The van der Waals surface area contributed by atoms with Crippen molar-refractivity contribution in [1.82, 2.24) is 34.7 Å². The van der Waals surface area contributed by atoms with E-state index < -0.39 is 17.8 Å². The van der Waals surface area contributed by atoms with Crippen molar-refractivity contribution in [2.75, 3.05) is 11.9 Å². The van der Waals surface area contributed by atoms with E-state index in [4.69, 9.17) is 0 Å². The van der Waals surface area contributed by atoms with E-state index in [-0.39, 0.29) is 34.2 Å². The number of nitrogens with one attached hydrogen (secondary N) is 2. The Morgan fingerprint density at radius 3 is 2.81 bits per heavy atom. The molecular formula is C20H19F3N8O. The Morgan fingerprint density at radius 1 is 1.22 bits per heavy atom. The number of alkyl halides is 3. The van der Waals surface area contributed by atoms with E-state index in [1.54, 1.807) is 24.1 Å². The zero-order valence-electron chi connectivity index (χ0n) is 17.0. The zero-order valence-corrected chi connectivity index (χ0v) is 17.0. The summed E-state index contributed by atoms with van der Waals surface area (Å²) in [7, 11) is 1.74. The number of carbonyl (C=O) groups excluding carboxylic acids is 1. The van der Waals surface area contributed by atoms with Gasteiger partial charge in [0.05, 0.1) is 22.8 Å². The molecule has 9 nitrogen and oxygen atoms in total. The number of nitrogens with zero attached hydrogens (tertiary/aromatic N) is 6. The molecular weight excluding hydrogens is 425 g/mol. The summed E-state index contributed by atoms with van der Waals surface area (Å²) >= 11 is 0. The van der Waals surface area contributed by atoms with E-state index in [0.717, 1.165) is 18.9 Å². The number of hydrogen-bond donors (Lipinski definition) is 2. The van der Waals surface area contributed by atoms with E-state index in [1.165, 1.54) is 16.6 Å². The summed E-state index contributed by atoms with van der Waals surface area (Å²) in [6.45, 7) is 0.560. The highest BCUT2D eigenvalue weighted by Crippen LogP contribution is 2.36. The van der Waals surface area contributed by atoms with Crippen LogP contribution in [0.3, 0.4) is 0 Å². The number of aromatic nitrogens is 6. The lowest BCUT2D eigenvalue weighted by atomic mass is 10.1. The molecule has 1 atom stereocenters. The van der Waals surface area contributed by atoms with E-state index >= 15 is 0 Å². The third kappa shape index (κ3) is 3.51. The number of hydrogen-bond acceptors (Lipinski definition) is 6. The van der Waals surface area contributed by atoms with Gasteiger partial charge in [-0.05, 0) is 31.4 Å². The quantitative estimate of drug-likeness (QED) is 0.504. The van der Waals surface area contributed by atoms with Gasteiger partial charge in [0.25, 0.3) is 0 Å². The molecule has 2 N–H and O–H groups in total. The number of rotatable bonds is 3. The summed E-state index contributed by atoms with van der Waals surface area (Å²) in [4.78, 5) is 21.2. The molecule has 0 spiro atoms. The number of benzene rings is 1. The fourth-order valence-electron chi connectivity index (χ4n) is 3.85. The van der Waals surface area contributed by atoms with Crippen LogP contribution < -0.4 is 10.6 Å². The van der Waals surface area contributed by atoms with Crippen molar-refractivity contribution in [2.45, 2.75) is 31.5 Å². The molecule has 32 heavy (non-hydrogen) atoms. The largest absolute Gasteiger partial charge is 0.418 e. The van der Waals surface area contributed by atoms with Crippen molar-refractivity contribution in [2.24, 2.45) is 7.05 Å². The number of aryl methyl sites for hydroxylation is 1. The summed E-state index contributed by atoms with van der Waals surface area (Å²) in [5, 5.41) is 14.6.